The standard InChI is InChI=1S/C15H12ClFN4/c1-21-15(18)13(9-4-6-19-7-5-9)14(20-21)11-8-10(16)2-3-12(11)17/h2-8H,18H2,1H3. The molecule has 2 aromatic heterocycles. The van der Waals surface area contributed by atoms with Crippen LogP contribution in [-0.2, 0) is 7.05 Å². The summed E-state index contributed by atoms with van der Waals surface area (Å²) in [6.07, 6.45) is 3.31. The molecule has 0 unspecified atom stereocenters. The molecule has 0 saturated carbocycles. The van der Waals surface area contributed by atoms with Crippen molar-refractivity contribution in [2.75, 3.05) is 5.73 Å². The van der Waals surface area contributed by atoms with Gasteiger partial charge in [-0.25, -0.2) is 4.39 Å². The van der Waals surface area contributed by atoms with Crippen molar-refractivity contribution in [3.63, 3.8) is 0 Å². The normalized spacial score (nSPS) is 10.8. The molecule has 3 rings (SSSR count). The number of nitrogen functional groups attached to an aromatic ring is 1. The van der Waals surface area contributed by atoms with Crippen LogP contribution in [0.4, 0.5) is 10.2 Å². The van der Waals surface area contributed by atoms with Crippen LogP contribution in [0.1, 0.15) is 0 Å². The first-order chi connectivity index (χ1) is 10.1. The molecule has 0 aliphatic heterocycles. The Morgan fingerprint density at radius 2 is 1.90 bits per heavy atom. The molecule has 0 aliphatic carbocycles. The van der Waals surface area contributed by atoms with Crippen LogP contribution in [0.25, 0.3) is 22.4 Å². The second kappa shape index (κ2) is 5.18. The lowest BCUT2D eigenvalue weighted by Gasteiger charge is -2.05. The molecule has 0 amide bonds. The van der Waals surface area contributed by atoms with Gasteiger partial charge in [0.2, 0.25) is 0 Å². The van der Waals surface area contributed by atoms with E-state index < -0.39 is 5.82 Å². The van der Waals surface area contributed by atoms with E-state index in [1.165, 1.54) is 16.8 Å². The summed E-state index contributed by atoms with van der Waals surface area (Å²) < 4.78 is 15.7. The fourth-order valence-electron chi connectivity index (χ4n) is 2.21. The maximum atomic E-state index is 14.1. The molecule has 2 heterocycles. The van der Waals surface area contributed by atoms with Gasteiger partial charge in [-0.15, -0.1) is 0 Å². The molecule has 3 aromatic rings. The summed E-state index contributed by atoms with van der Waals surface area (Å²) in [5.41, 5.74) is 8.36. The number of halogens is 2. The Morgan fingerprint density at radius 1 is 1.19 bits per heavy atom. The third kappa shape index (κ3) is 2.36. The molecule has 106 valence electrons. The minimum absolute atomic E-state index is 0.321. The van der Waals surface area contributed by atoms with Crippen LogP contribution in [0.5, 0.6) is 0 Å². The third-order valence-corrected chi connectivity index (χ3v) is 3.48. The number of benzene rings is 1. The largest absolute Gasteiger partial charge is 0.383 e. The lowest BCUT2D eigenvalue weighted by Crippen LogP contribution is -1.97. The van der Waals surface area contributed by atoms with E-state index in [0.29, 0.717) is 27.7 Å². The van der Waals surface area contributed by atoms with Crippen LogP contribution < -0.4 is 5.73 Å². The lowest BCUT2D eigenvalue weighted by molar-refractivity contribution is 0.630. The van der Waals surface area contributed by atoms with Crippen molar-refractivity contribution in [1.29, 1.82) is 0 Å². The molecule has 1 aromatic carbocycles. The monoisotopic (exact) mass is 302 g/mol. The predicted octanol–water partition coefficient (Wildman–Crippen LogP) is 3.52. The molecule has 0 fully saturated rings. The summed E-state index contributed by atoms with van der Waals surface area (Å²) in [5.74, 6) is 0.0587. The summed E-state index contributed by atoms with van der Waals surface area (Å²) in [4.78, 5) is 3.98. The molecule has 0 saturated heterocycles. The number of nitrogens with two attached hydrogens (primary N) is 1. The van der Waals surface area contributed by atoms with Crippen molar-refractivity contribution in [2.24, 2.45) is 7.05 Å². The van der Waals surface area contributed by atoms with Crippen molar-refractivity contribution in [2.45, 2.75) is 0 Å². The number of aryl methyl sites for hydroxylation is 1. The maximum Gasteiger partial charge on any atom is 0.132 e. The van der Waals surface area contributed by atoms with Crippen LogP contribution in [0.2, 0.25) is 5.02 Å². The van der Waals surface area contributed by atoms with E-state index in [-0.39, 0.29) is 0 Å². The van der Waals surface area contributed by atoms with E-state index in [9.17, 15) is 4.39 Å². The van der Waals surface area contributed by atoms with Crippen molar-refractivity contribution >= 4 is 17.4 Å². The van der Waals surface area contributed by atoms with Gasteiger partial charge in [-0.1, -0.05) is 11.6 Å². The highest BCUT2D eigenvalue weighted by atomic mass is 35.5. The molecule has 21 heavy (non-hydrogen) atoms. The number of hydrogen-bond donors (Lipinski definition) is 1. The maximum absolute atomic E-state index is 14.1. The van der Waals surface area contributed by atoms with Gasteiger partial charge in [0.15, 0.2) is 0 Å². The Hall–Kier alpha value is -2.40. The zero-order valence-corrected chi connectivity index (χ0v) is 12.0. The Kier molecular flexibility index (Phi) is 3.35. The van der Waals surface area contributed by atoms with Crippen molar-refractivity contribution in [1.82, 2.24) is 14.8 Å². The highest BCUT2D eigenvalue weighted by molar-refractivity contribution is 6.30. The summed E-state index contributed by atoms with van der Waals surface area (Å²) in [6.45, 7) is 0. The molecule has 0 bridgehead atoms. The number of nitrogens with zero attached hydrogens (tertiary/aromatic N) is 3. The van der Waals surface area contributed by atoms with Gasteiger partial charge >= 0.3 is 0 Å². The molecule has 4 nitrogen and oxygen atoms in total. The van der Waals surface area contributed by atoms with E-state index >= 15 is 0 Å². The molecule has 0 atom stereocenters. The van der Waals surface area contributed by atoms with Gasteiger partial charge in [0, 0.05) is 30.0 Å². The number of pyridine rings is 1. The number of anilines is 1. The Morgan fingerprint density at radius 3 is 2.62 bits per heavy atom. The highest BCUT2D eigenvalue weighted by Crippen LogP contribution is 2.37. The molecule has 2 N–H and O–H groups in total. The average molecular weight is 303 g/mol. The quantitative estimate of drug-likeness (QED) is 0.788. The fourth-order valence-corrected chi connectivity index (χ4v) is 2.38. The second-order valence-electron chi connectivity index (χ2n) is 4.59. The van der Waals surface area contributed by atoms with Crippen LogP contribution in [0, 0.1) is 5.82 Å². The Labute approximate surface area is 126 Å². The van der Waals surface area contributed by atoms with E-state index in [4.69, 9.17) is 17.3 Å². The van der Waals surface area contributed by atoms with E-state index in [1.807, 2.05) is 0 Å². The molecule has 0 radical (unpaired) electrons. The molecular formula is C15H12ClFN4. The topological polar surface area (TPSA) is 56.7 Å². The van der Waals surface area contributed by atoms with Gasteiger partial charge in [-0.2, -0.15) is 5.10 Å². The van der Waals surface area contributed by atoms with Gasteiger partial charge in [-0.05, 0) is 35.9 Å². The fraction of sp³-hybridized carbons (Fsp3) is 0.0667. The van der Waals surface area contributed by atoms with Crippen LogP contribution >= 0.6 is 11.6 Å². The van der Waals surface area contributed by atoms with E-state index in [0.717, 1.165) is 5.56 Å². The smallest absolute Gasteiger partial charge is 0.132 e. The van der Waals surface area contributed by atoms with Gasteiger partial charge in [0.25, 0.3) is 0 Å². The molecular weight excluding hydrogens is 291 g/mol. The van der Waals surface area contributed by atoms with Gasteiger partial charge in [-0.3, -0.25) is 9.67 Å². The second-order valence-corrected chi connectivity index (χ2v) is 5.03. The Bertz CT molecular complexity index is 799. The highest BCUT2D eigenvalue weighted by Gasteiger charge is 2.20. The minimum Gasteiger partial charge on any atom is -0.383 e. The SMILES string of the molecule is Cn1nc(-c2cc(Cl)ccc2F)c(-c2ccncc2)c1N. The third-order valence-electron chi connectivity index (χ3n) is 3.24. The first-order valence-corrected chi connectivity index (χ1v) is 6.64. The first-order valence-electron chi connectivity index (χ1n) is 6.26. The van der Waals surface area contributed by atoms with Crippen LogP contribution in [-0.4, -0.2) is 14.8 Å². The average Bonchev–Trinajstić information content (AvgIpc) is 2.78. The first kappa shape index (κ1) is 13.6. The van der Waals surface area contributed by atoms with Crippen molar-refractivity contribution in [3.05, 3.63) is 53.6 Å². The number of rotatable bonds is 2. The summed E-state index contributed by atoms with van der Waals surface area (Å²) >= 11 is 5.97. The molecule has 0 aliphatic rings. The zero-order valence-electron chi connectivity index (χ0n) is 11.2. The van der Waals surface area contributed by atoms with Gasteiger partial charge in [0.1, 0.15) is 17.3 Å². The van der Waals surface area contributed by atoms with Crippen LogP contribution in [0.15, 0.2) is 42.7 Å². The summed E-state index contributed by atoms with van der Waals surface area (Å²) in [7, 11) is 1.71. The predicted molar refractivity (Wildman–Crippen MR) is 81.3 cm³/mol. The summed E-state index contributed by atoms with van der Waals surface area (Å²) in [5, 5.41) is 4.77. The van der Waals surface area contributed by atoms with E-state index in [1.54, 1.807) is 37.6 Å². The van der Waals surface area contributed by atoms with Gasteiger partial charge < -0.3 is 5.73 Å². The van der Waals surface area contributed by atoms with Crippen molar-refractivity contribution < 1.29 is 4.39 Å². The van der Waals surface area contributed by atoms with Crippen molar-refractivity contribution in [3.8, 4) is 22.4 Å². The number of aromatic nitrogens is 3. The molecule has 0 spiro atoms. The van der Waals surface area contributed by atoms with Gasteiger partial charge in [0.05, 0.1) is 5.56 Å². The Balaban J connectivity index is 2.29. The number of hydrogen-bond acceptors (Lipinski definition) is 3. The van der Waals surface area contributed by atoms with Crippen LogP contribution in [0.3, 0.4) is 0 Å². The molecule has 6 heteroatoms. The summed E-state index contributed by atoms with van der Waals surface area (Å²) in [6, 6.07) is 7.97. The van der Waals surface area contributed by atoms with E-state index in [2.05, 4.69) is 10.1 Å². The lowest BCUT2D eigenvalue weighted by atomic mass is 10.0. The minimum atomic E-state index is -0.396. The zero-order chi connectivity index (χ0) is 15.0.